The summed E-state index contributed by atoms with van der Waals surface area (Å²) < 4.78 is 33.4. The summed E-state index contributed by atoms with van der Waals surface area (Å²) in [5.74, 6) is -1.78. The van der Waals surface area contributed by atoms with E-state index < -0.39 is 23.3 Å². The molecule has 3 aromatic rings. The predicted octanol–water partition coefficient (Wildman–Crippen LogP) is 5.60. The number of unbranched alkanes of at least 4 members (excludes halogenated alkanes) is 1. The highest BCUT2D eigenvalue weighted by molar-refractivity contribution is 7.10. The van der Waals surface area contributed by atoms with Crippen LogP contribution in [0.3, 0.4) is 0 Å². The molecule has 0 spiro atoms. The van der Waals surface area contributed by atoms with Crippen molar-refractivity contribution >= 4 is 23.2 Å². The van der Waals surface area contributed by atoms with Crippen LogP contribution in [0.5, 0.6) is 0 Å². The number of rotatable bonds is 10. The van der Waals surface area contributed by atoms with Crippen molar-refractivity contribution in [3.8, 4) is 17.2 Å². The van der Waals surface area contributed by atoms with Gasteiger partial charge >= 0.3 is 0 Å². The second-order valence-corrected chi connectivity index (χ2v) is 11.1. The molecule has 2 amide bonds. The lowest BCUT2D eigenvalue weighted by Crippen LogP contribution is -2.46. The quantitative estimate of drug-likeness (QED) is 0.333. The van der Waals surface area contributed by atoms with Crippen LogP contribution in [0.25, 0.3) is 11.1 Å². The van der Waals surface area contributed by atoms with Crippen LogP contribution in [0.15, 0.2) is 53.9 Å². The molecule has 204 valence electrons. The standard InChI is InChI=1S/C30H31F2N3O3S/c1-3-4-9-38-30(2)15-27(29(37)34-17-26-10-21(16-33)18-39-26)35(19-30)28(36)11-20-5-7-22(8-6-20)23-12-24(31)14-25(32)13-23/h5-8,10,12-14,18,27H,3-4,9,11,15,17,19H2,1-2H3,(H,34,37). The van der Waals surface area contributed by atoms with Crippen LogP contribution in [0, 0.1) is 23.0 Å². The van der Waals surface area contributed by atoms with Gasteiger partial charge < -0.3 is 15.0 Å². The number of nitrogens with one attached hydrogen (secondary N) is 1. The van der Waals surface area contributed by atoms with Crippen LogP contribution in [-0.4, -0.2) is 41.5 Å². The third kappa shape index (κ3) is 7.28. The van der Waals surface area contributed by atoms with Crippen LogP contribution < -0.4 is 5.32 Å². The Bertz CT molecular complexity index is 1350. The molecular weight excluding hydrogens is 520 g/mol. The maximum absolute atomic E-state index is 13.6. The lowest BCUT2D eigenvalue weighted by Gasteiger charge is -2.25. The number of halogens is 2. The van der Waals surface area contributed by atoms with E-state index in [0.29, 0.717) is 36.3 Å². The van der Waals surface area contributed by atoms with E-state index >= 15 is 0 Å². The highest BCUT2D eigenvalue weighted by Gasteiger charge is 2.46. The second-order valence-electron chi connectivity index (χ2n) is 10.1. The van der Waals surface area contributed by atoms with Crippen LogP contribution in [0.2, 0.25) is 0 Å². The molecule has 1 aromatic heterocycles. The van der Waals surface area contributed by atoms with Crippen LogP contribution in [-0.2, 0) is 27.3 Å². The van der Waals surface area contributed by atoms with E-state index in [1.807, 2.05) is 6.92 Å². The summed E-state index contributed by atoms with van der Waals surface area (Å²) in [7, 11) is 0. The zero-order chi connectivity index (χ0) is 28.0. The molecule has 2 unspecified atom stereocenters. The molecule has 1 aliphatic rings. The molecule has 2 heterocycles. The molecule has 9 heteroatoms. The van der Waals surface area contributed by atoms with Gasteiger partial charge in [-0.2, -0.15) is 5.26 Å². The van der Waals surface area contributed by atoms with Gasteiger partial charge in [-0.25, -0.2) is 8.78 Å². The Morgan fingerprint density at radius 3 is 2.51 bits per heavy atom. The van der Waals surface area contributed by atoms with Crippen LogP contribution in [0.4, 0.5) is 8.78 Å². The number of likely N-dealkylation sites (tertiary alicyclic amines) is 1. The average Bonchev–Trinajstić information content (AvgIpc) is 3.52. The molecule has 0 saturated carbocycles. The number of nitrogens with zero attached hydrogens (tertiary/aromatic N) is 2. The number of carbonyl (C=O) groups excluding carboxylic acids is 2. The van der Waals surface area contributed by atoms with Crippen LogP contribution >= 0.6 is 11.3 Å². The van der Waals surface area contributed by atoms with E-state index in [1.54, 1.807) is 40.6 Å². The fourth-order valence-corrected chi connectivity index (χ4v) is 5.50. The van der Waals surface area contributed by atoms with Gasteiger partial charge in [0.05, 0.1) is 30.7 Å². The SMILES string of the molecule is CCCCOC1(C)CC(C(=O)NCc2cc(C#N)cs2)N(C(=O)Cc2ccc(-c3cc(F)cc(F)c3)cc2)C1. The van der Waals surface area contributed by atoms with Gasteiger partial charge in [-0.1, -0.05) is 37.6 Å². The Balaban J connectivity index is 1.46. The summed E-state index contributed by atoms with van der Waals surface area (Å²) in [6.45, 7) is 5.13. The monoisotopic (exact) mass is 551 g/mol. The normalized spacial score (nSPS) is 18.6. The molecule has 0 bridgehead atoms. The van der Waals surface area contributed by atoms with Gasteiger partial charge in [0.2, 0.25) is 11.8 Å². The summed E-state index contributed by atoms with van der Waals surface area (Å²) in [6.07, 6.45) is 2.32. The number of ether oxygens (including phenoxy) is 1. The molecule has 2 atom stereocenters. The number of nitriles is 1. The average molecular weight is 552 g/mol. The van der Waals surface area contributed by atoms with Gasteiger partial charge in [-0.05, 0) is 48.2 Å². The zero-order valence-corrected chi connectivity index (χ0v) is 22.8. The van der Waals surface area contributed by atoms with E-state index in [2.05, 4.69) is 18.3 Å². The highest BCUT2D eigenvalue weighted by Crippen LogP contribution is 2.32. The first kappa shape index (κ1) is 28.4. The Morgan fingerprint density at radius 2 is 1.87 bits per heavy atom. The van der Waals surface area contributed by atoms with Crippen molar-refractivity contribution < 1.29 is 23.1 Å². The van der Waals surface area contributed by atoms with Crippen molar-refractivity contribution in [2.75, 3.05) is 13.2 Å². The lowest BCUT2D eigenvalue weighted by atomic mass is 10.0. The molecule has 0 radical (unpaired) electrons. The Labute approximate surface area is 231 Å². The summed E-state index contributed by atoms with van der Waals surface area (Å²) in [6, 6.07) is 13.4. The molecule has 1 fully saturated rings. The number of amides is 2. The number of thiophene rings is 1. The van der Waals surface area contributed by atoms with Crippen molar-refractivity contribution in [2.24, 2.45) is 0 Å². The first-order valence-electron chi connectivity index (χ1n) is 12.9. The molecular formula is C30H31F2N3O3S. The van der Waals surface area contributed by atoms with E-state index in [1.165, 1.54) is 23.5 Å². The van der Waals surface area contributed by atoms with Crippen molar-refractivity contribution in [3.63, 3.8) is 0 Å². The lowest BCUT2D eigenvalue weighted by molar-refractivity contribution is -0.138. The van der Waals surface area contributed by atoms with E-state index in [9.17, 15) is 18.4 Å². The Morgan fingerprint density at radius 1 is 1.15 bits per heavy atom. The molecule has 1 saturated heterocycles. The van der Waals surface area contributed by atoms with Crippen LogP contribution in [0.1, 0.15) is 49.1 Å². The molecule has 1 aliphatic heterocycles. The highest BCUT2D eigenvalue weighted by atomic mass is 32.1. The smallest absolute Gasteiger partial charge is 0.243 e. The largest absolute Gasteiger partial charge is 0.373 e. The van der Waals surface area contributed by atoms with Crippen molar-refractivity contribution in [2.45, 2.75) is 57.7 Å². The first-order chi connectivity index (χ1) is 18.7. The van der Waals surface area contributed by atoms with Gasteiger partial charge in [0.1, 0.15) is 23.7 Å². The van der Waals surface area contributed by atoms with Crippen molar-refractivity contribution in [1.82, 2.24) is 10.2 Å². The minimum Gasteiger partial charge on any atom is -0.373 e. The Kier molecular flexibility index (Phi) is 9.10. The zero-order valence-electron chi connectivity index (χ0n) is 22.0. The third-order valence-corrected chi connectivity index (χ3v) is 7.74. The first-order valence-corrected chi connectivity index (χ1v) is 13.8. The van der Waals surface area contributed by atoms with Crippen molar-refractivity contribution in [1.29, 1.82) is 5.26 Å². The van der Waals surface area contributed by atoms with Crippen molar-refractivity contribution in [3.05, 3.63) is 81.5 Å². The van der Waals surface area contributed by atoms with Gasteiger partial charge in [0.25, 0.3) is 0 Å². The third-order valence-electron chi connectivity index (χ3n) is 6.80. The summed E-state index contributed by atoms with van der Waals surface area (Å²) in [4.78, 5) is 29.2. The Hall–Kier alpha value is -3.61. The van der Waals surface area contributed by atoms with E-state index in [4.69, 9.17) is 10.00 Å². The number of hydrogen-bond donors (Lipinski definition) is 1. The molecule has 1 N–H and O–H groups in total. The van der Waals surface area contributed by atoms with E-state index in [0.717, 1.165) is 29.3 Å². The molecule has 2 aromatic carbocycles. The molecule has 0 aliphatic carbocycles. The molecule has 4 rings (SSSR count). The fraction of sp³-hybridized carbons (Fsp3) is 0.367. The second kappa shape index (κ2) is 12.5. The number of benzene rings is 2. The minimum atomic E-state index is -0.686. The molecule has 6 nitrogen and oxygen atoms in total. The van der Waals surface area contributed by atoms with Gasteiger partial charge in [-0.3, -0.25) is 9.59 Å². The number of carbonyl (C=O) groups is 2. The van der Waals surface area contributed by atoms with Gasteiger partial charge in [-0.15, -0.1) is 11.3 Å². The summed E-state index contributed by atoms with van der Waals surface area (Å²) in [5.41, 5.74) is 1.67. The fourth-order valence-electron chi connectivity index (χ4n) is 4.75. The molecule has 39 heavy (non-hydrogen) atoms. The van der Waals surface area contributed by atoms with E-state index in [-0.39, 0.29) is 24.8 Å². The van der Waals surface area contributed by atoms with Gasteiger partial charge in [0, 0.05) is 29.4 Å². The van der Waals surface area contributed by atoms with Gasteiger partial charge in [0.15, 0.2) is 0 Å². The summed E-state index contributed by atoms with van der Waals surface area (Å²) >= 11 is 1.40. The topological polar surface area (TPSA) is 82.4 Å². The minimum absolute atomic E-state index is 0.0725. The number of hydrogen-bond acceptors (Lipinski definition) is 5. The summed E-state index contributed by atoms with van der Waals surface area (Å²) in [5, 5.41) is 13.7. The predicted molar refractivity (Wildman–Crippen MR) is 146 cm³/mol. The maximum Gasteiger partial charge on any atom is 0.243 e. The maximum atomic E-state index is 13.6.